The van der Waals surface area contributed by atoms with E-state index in [0.29, 0.717) is 23.7 Å². The number of hydrogen-bond acceptors (Lipinski definition) is 9. The number of anilines is 5. The highest BCUT2D eigenvalue weighted by Crippen LogP contribution is 2.41. The van der Waals surface area contributed by atoms with Crippen LogP contribution in [0.2, 0.25) is 0 Å². The van der Waals surface area contributed by atoms with Crippen LogP contribution < -0.4 is 31.7 Å². The molecule has 2 saturated heterocycles. The van der Waals surface area contributed by atoms with Gasteiger partial charge in [-0.15, -0.1) is 6.58 Å². The fourth-order valence-corrected chi connectivity index (χ4v) is 5.84. The Morgan fingerprint density at radius 2 is 1.88 bits per heavy atom. The quantitative estimate of drug-likeness (QED) is 0.278. The Morgan fingerprint density at radius 1 is 1.12 bits per heavy atom. The third-order valence-corrected chi connectivity index (χ3v) is 8.28. The van der Waals surface area contributed by atoms with Gasteiger partial charge in [-0.2, -0.15) is 10.1 Å². The van der Waals surface area contributed by atoms with Gasteiger partial charge in [0.1, 0.15) is 11.4 Å². The summed E-state index contributed by atoms with van der Waals surface area (Å²) in [5.74, 6) is 0.629. The molecule has 2 aliphatic heterocycles. The second-order valence-corrected chi connectivity index (χ2v) is 11.5. The number of aromatic nitrogens is 4. The molecule has 1 spiro atoms. The van der Waals surface area contributed by atoms with Gasteiger partial charge in [-0.05, 0) is 94.8 Å². The zero-order valence-electron chi connectivity index (χ0n) is 24.7. The van der Waals surface area contributed by atoms with E-state index in [1.807, 2.05) is 19.9 Å². The van der Waals surface area contributed by atoms with Gasteiger partial charge in [-0.1, -0.05) is 6.08 Å². The Balaban J connectivity index is 1.34. The van der Waals surface area contributed by atoms with Crippen LogP contribution in [-0.4, -0.2) is 58.4 Å². The zero-order valence-corrected chi connectivity index (χ0v) is 24.7. The van der Waals surface area contributed by atoms with Crippen LogP contribution in [0.3, 0.4) is 0 Å². The summed E-state index contributed by atoms with van der Waals surface area (Å²) in [6.07, 6.45) is 8.13. The smallest absolute Gasteiger partial charge is 0.267 e. The van der Waals surface area contributed by atoms with Crippen molar-refractivity contribution in [1.29, 1.82) is 0 Å². The van der Waals surface area contributed by atoms with Gasteiger partial charge in [0.2, 0.25) is 5.95 Å². The highest BCUT2D eigenvalue weighted by atomic mass is 16.1. The minimum absolute atomic E-state index is 0.126. The first kappa shape index (κ1) is 29.2. The average molecular weight is 572 g/mol. The molecule has 2 aromatic heterocycles. The van der Waals surface area contributed by atoms with Gasteiger partial charge < -0.3 is 26.2 Å². The number of piperidine rings is 2. The summed E-state index contributed by atoms with van der Waals surface area (Å²) >= 11 is 0. The van der Waals surface area contributed by atoms with Crippen LogP contribution in [0.1, 0.15) is 61.5 Å². The minimum Gasteiger partial charge on any atom is -0.371 e. The number of carbonyl (C=O) groups is 1. The largest absolute Gasteiger partial charge is 0.371 e. The molecule has 222 valence electrons. The van der Waals surface area contributed by atoms with Crippen LogP contribution in [0.5, 0.6) is 0 Å². The number of hydrogen-bond donors (Lipinski definition) is 4. The Labute approximate surface area is 246 Å². The predicted molar refractivity (Wildman–Crippen MR) is 167 cm³/mol. The third-order valence-electron chi connectivity index (χ3n) is 8.28. The van der Waals surface area contributed by atoms with Crippen molar-refractivity contribution in [3.63, 3.8) is 0 Å². The Hall–Kier alpha value is -4.25. The van der Waals surface area contributed by atoms with Crippen molar-refractivity contribution in [1.82, 2.24) is 30.4 Å². The molecule has 3 aromatic rings. The Kier molecular flexibility index (Phi) is 8.86. The second-order valence-electron chi connectivity index (χ2n) is 11.5. The van der Waals surface area contributed by atoms with E-state index in [9.17, 15) is 9.59 Å². The van der Waals surface area contributed by atoms with Gasteiger partial charge in [0.15, 0.2) is 5.82 Å². The summed E-state index contributed by atoms with van der Waals surface area (Å²) in [6.45, 7) is 14.3. The van der Waals surface area contributed by atoms with E-state index < -0.39 is 0 Å². The number of aryl methyl sites for hydroxylation is 1. The molecule has 5 rings (SSSR count). The van der Waals surface area contributed by atoms with Gasteiger partial charge in [0.05, 0.1) is 6.04 Å². The monoisotopic (exact) mass is 571 g/mol. The van der Waals surface area contributed by atoms with Crippen LogP contribution >= 0.6 is 0 Å². The number of rotatable bonds is 9. The Morgan fingerprint density at radius 3 is 2.57 bits per heavy atom. The average Bonchev–Trinajstić information content (AvgIpc) is 2.98. The first-order valence-corrected chi connectivity index (χ1v) is 14.7. The summed E-state index contributed by atoms with van der Waals surface area (Å²) in [5.41, 5.74) is 3.84. The van der Waals surface area contributed by atoms with Crippen LogP contribution in [0.4, 0.5) is 29.0 Å². The molecule has 11 nitrogen and oxygen atoms in total. The maximum absolute atomic E-state index is 12.9. The first-order chi connectivity index (χ1) is 20.3. The molecule has 1 aromatic carbocycles. The van der Waals surface area contributed by atoms with Crippen molar-refractivity contribution in [2.75, 3.05) is 48.3 Å². The number of nitrogens with zero attached hydrogens (tertiary/aromatic N) is 5. The molecule has 1 amide bonds. The van der Waals surface area contributed by atoms with Gasteiger partial charge in [-0.25, -0.2) is 9.67 Å². The molecule has 0 unspecified atom stereocenters. The van der Waals surface area contributed by atoms with Crippen molar-refractivity contribution < 1.29 is 4.79 Å². The summed E-state index contributed by atoms with van der Waals surface area (Å²) < 4.78 is 1.37. The van der Waals surface area contributed by atoms with Crippen LogP contribution in [-0.2, 0) is 0 Å². The topological polar surface area (TPSA) is 129 Å². The molecule has 0 aliphatic carbocycles. The van der Waals surface area contributed by atoms with Crippen LogP contribution in [0.25, 0.3) is 0 Å². The van der Waals surface area contributed by atoms with Gasteiger partial charge in [0.25, 0.3) is 11.5 Å². The van der Waals surface area contributed by atoms with Gasteiger partial charge >= 0.3 is 0 Å². The molecule has 4 N–H and O–H groups in total. The summed E-state index contributed by atoms with van der Waals surface area (Å²) in [6, 6.07) is 9.18. The van der Waals surface area contributed by atoms with E-state index in [1.165, 1.54) is 53.9 Å². The molecule has 0 saturated carbocycles. The predicted octanol–water partition coefficient (Wildman–Crippen LogP) is 4.30. The van der Waals surface area contributed by atoms with E-state index in [2.05, 4.69) is 66.9 Å². The number of carbonyl (C=O) groups excluding carboxylic acids is 1. The molecular weight excluding hydrogens is 530 g/mol. The van der Waals surface area contributed by atoms with E-state index in [-0.39, 0.29) is 28.9 Å². The summed E-state index contributed by atoms with van der Waals surface area (Å²) in [4.78, 5) is 36.6. The van der Waals surface area contributed by atoms with E-state index in [4.69, 9.17) is 0 Å². The zero-order chi connectivity index (χ0) is 29.7. The van der Waals surface area contributed by atoms with Crippen molar-refractivity contribution in [2.45, 2.75) is 52.5 Å². The molecule has 2 aliphatic rings. The lowest BCUT2D eigenvalue weighted by atomic mass is 9.71. The van der Waals surface area contributed by atoms with Crippen molar-refractivity contribution in [3.05, 3.63) is 70.7 Å². The lowest BCUT2D eigenvalue weighted by molar-refractivity contribution is 0.0958. The standard InChI is InChI=1S/C31H41N9O2/c1-5-14-33-29(42)24-20-34-30(37-28(24)36-26-8-9-27(41)40(38-26)21(2)3)35-23-6-7-25(22(4)19-23)39-17-12-31(13-18-39)10-15-32-16-11-31/h5-9,19-21,32H,1,10-18H2,2-4H3,(H,33,42)(H2,34,35,36,37,38). The fraction of sp³-hybridized carbons (Fsp3) is 0.452. The SMILES string of the molecule is C=CCNC(=O)c1cnc(Nc2ccc(N3CCC4(CCNCC4)CC3)c(C)c2)nc1Nc1ccc(=O)n(C(C)C)n1. The second kappa shape index (κ2) is 12.7. The lowest BCUT2D eigenvalue weighted by Crippen LogP contribution is -2.45. The first-order valence-electron chi connectivity index (χ1n) is 14.7. The minimum atomic E-state index is -0.353. The van der Waals surface area contributed by atoms with Crippen molar-refractivity contribution in [2.24, 2.45) is 5.41 Å². The molecule has 0 radical (unpaired) electrons. The number of amides is 1. The van der Waals surface area contributed by atoms with Crippen molar-refractivity contribution in [3.8, 4) is 0 Å². The normalized spacial score (nSPS) is 16.3. The molecule has 4 heterocycles. The summed E-state index contributed by atoms with van der Waals surface area (Å²) in [7, 11) is 0. The van der Waals surface area contributed by atoms with Gasteiger partial charge in [-0.3, -0.25) is 9.59 Å². The fourth-order valence-electron chi connectivity index (χ4n) is 5.84. The van der Waals surface area contributed by atoms with E-state index in [1.54, 1.807) is 12.1 Å². The number of benzene rings is 1. The number of nitrogens with one attached hydrogen (secondary N) is 4. The van der Waals surface area contributed by atoms with Crippen molar-refractivity contribution >= 4 is 34.9 Å². The molecule has 42 heavy (non-hydrogen) atoms. The highest BCUT2D eigenvalue weighted by Gasteiger charge is 2.35. The van der Waals surface area contributed by atoms with Crippen LogP contribution in [0.15, 0.2) is 54.0 Å². The van der Waals surface area contributed by atoms with Gasteiger partial charge in [0, 0.05) is 43.3 Å². The molecule has 0 bridgehead atoms. The maximum atomic E-state index is 12.9. The maximum Gasteiger partial charge on any atom is 0.267 e. The molecular formula is C31H41N9O2. The molecule has 2 fully saturated rings. The van der Waals surface area contributed by atoms with E-state index in [0.717, 1.165) is 31.9 Å². The molecule has 11 heteroatoms. The Bertz CT molecular complexity index is 1480. The third kappa shape index (κ3) is 6.62. The highest BCUT2D eigenvalue weighted by molar-refractivity contribution is 5.99. The summed E-state index contributed by atoms with van der Waals surface area (Å²) in [5, 5.41) is 17.1. The molecule has 0 atom stereocenters. The van der Waals surface area contributed by atoms with E-state index >= 15 is 0 Å². The van der Waals surface area contributed by atoms with Crippen LogP contribution in [0, 0.1) is 12.3 Å². The lowest BCUT2D eigenvalue weighted by Gasteiger charge is -2.45.